The summed E-state index contributed by atoms with van der Waals surface area (Å²) in [7, 11) is 1.00. The van der Waals surface area contributed by atoms with Gasteiger partial charge in [-0.1, -0.05) is 38.1 Å². The Labute approximate surface area is 155 Å². The first-order chi connectivity index (χ1) is 11.8. The third kappa shape index (κ3) is 8.65. The van der Waals surface area contributed by atoms with Crippen molar-refractivity contribution in [3.63, 3.8) is 0 Å². The van der Waals surface area contributed by atoms with Gasteiger partial charge in [-0.2, -0.15) is 0 Å². The second kappa shape index (κ2) is 11.6. The lowest BCUT2D eigenvalue weighted by Gasteiger charge is -2.19. The molecule has 2 aromatic rings. The molecule has 0 bridgehead atoms. The van der Waals surface area contributed by atoms with Crippen molar-refractivity contribution in [2.45, 2.75) is 53.7 Å². The van der Waals surface area contributed by atoms with Gasteiger partial charge in [0.25, 0.3) is 0 Å². The van der Waals surface area contributed by atoms with Crippen LogP contribution in [0.2, 0.25) is 0 Å². The summed E-state index contributed by atoms with van der Waals surface area (Å²) < 4.78 is 5.20. The number of thiazole rings is 1. The zero-order chi connectivity index (χ0) is 19.5. The van der Waals surface area contributed by atoms with E-state index in [1.54, 1.807) is 11.3 Å². The van der Waals surface area contributed by atoms with Crippen molar-refractivity contribution < 1.29 is 14.6 Å². The lowest BCUT2D eigenvalue weighted by atomic mass is 10.1. The monoisotopic (exact) mass is 366 g/mol. The lowest BCUT2D eigenvalue weighted by molar-refractivity contribution is 0.0523. The number of rotatable bonds is 3. The van der Waals surface area contributed by atoms with Crippen LogP contribution in [0.15, 0.2) is 29.8 Å². The molecule has 1 amide bonds. The zero-order valence-corrected chi connectivity index (χ0v) is 17.0. The number of nitrogens with zero attached hydrogens (tertiary/aromatic N) is 1. The first kappa shape index (κ1) is 23.1. The van der Waals surface area contributed by atoms with Crippen molar-refractivity contribution in [2.75, 3.05) is 7.11 Å². The van der Waals surface area contributed by atoms with Crippen LogP contribution in [-0.2, 0) is 11.3 Å². The Balaban J connectivity index is 0.00000134. The predicted molar refractivity (Wildman–Crippen MR) is 105 cm³/mol. The number of alkyl carbamates (subject to hydrolysis) is 1. The highest BCUT2D eigenvalue weighted by atomic mass is 32.1. The Morgan fingerprint density at radius 3 is 2.20 bits per heavy atom. The minimum absolute atomic E-state index is 0.398. The van der Waals surface area contributed by atoms with Gasteiger partial charge in [-0.25, -0.2) is 9.78 Å². The summed E-state index contributed by atoms with van der Waals surface area (Å²) in [6, 6.07) is 8.11. The summed E-state index contributed by atoms with van der Waals surface area (Å²) in [5, 5.41) is 9.75. The van der Waals surface area contributed by atoms with Gasteiger partial charge in [-0.15, -0.1) is 11.3 Å². The van der Waals surface area contributed by atoms with E-state index in [1.807, 2.05) is 71.3 Å². The maximum atomic E-state index is 11.6. The van der Waals surface area contributed by atoms with E-state index in [1.165, 1.54) is 4.88 Å². The van der Waals surface area contributed by atoms with Crippen LogP contribution < -0.4 is 5.32 Å². The summed E-state index contributed by atoms with van der Waals surface area (Å²) in [4.78, 5) is 17.0. The van der Waals surface area contributed by atoms with Gasteiger partial charge < -0.3 is 15.2 Å². The molecule has 0 radical (unpaired) electrons. The fourth-order valence-corrected chi connectivity index (χ4v) is 2.65. The van der Waals surface area contributed by atoms with Crippen LogP contribution >= 0.6 is 11.3 Å². The number of aromatic nitrogens is 1. The molecule has 0 saturated carbocycles. The van der Waals surface area contributed by atoms with Crippen molar-refractivity contribution >= 4 is 17.4 Å². The van der Waals surface area contributed by atoms with E-state index in [0.29, 0.717) is 6.54 Å². The van der Waals surface area contributed by atoms with Crippen LogP contribution in [0.3, 0.4) is 0 Å². The summed E-state index contributed by atoms with van der Waals surface area (Å²) in [5.41, 5.74) is 4.60. The van der Waals surface area contributed by atoms with Crippen LogP contribution in [0, 0.1) is 6.92 Å². The van der Waals surface area contributed by atoms with Crippen molar-refractivity contribution in [3.05, 3.63) is 41.0 Å². The molecular weight excluding hydrogens is 336 g/mol. The van der Waals surface area contributed by atoms with E-state index < -0.39 is 11.7 Å². The van der Waals surface area contributed by atoms with E-state index in [9.17, 15) is 4.79 Å². The van der Waals surface area contributed by atoms with E-state index in [0.717, 1.165) is 23.9 Å². The molecule has 1 aromatic heterocycles. The fraction of sp³-hybridized carbons (Fsp3) is 0.474. The first-order valence-electron chi connectivity index (χ1n) is 8.26. The van der Waals surface area contributed by atoms with E-state index in [2.05, 4.69) is 10.3 Å². The number of carbonyl (C=O) groups is 1. The topological polar surface area (TPSA) is 71.5 Å². The molecule has 0 aliphatic carbocycles. The maximum absolute atomic E-state index is 11.6. The van der Waals surface area contributed by atoms with Gasteiger partial charge in [0.15, 0.2) is 0 Å². The average Bonchev–Trinajstić information content (AvgIpc) is 3.02. The van der Waals surface area contributed by atoms with E-state index in [4.69, 9.17) is 9.84 Å². The number of amides is 1. The third-order valence-corrected chi connectivity index (χ3v) is 3.78. The zero-order valence-electron chi connectivity index (χ0n) is 16.2. The number of hydrogen-bond donors (Lipinski definition) is 2. The molecule has 0 spiro atoms. The molecule has 0 fully saturated rings. The van der Waals surface area contributed by atoms with Gasteiger partial charge in [0.05, 0.1) is 16.1 Å². The normalized spacial score (nSPS) is 9.92. The van der Waals surface area contributed by atoms with Crippen molar-refractivity contribution in [2.24, 2.45) is 0 Å². The van der Waals surface area contributed by atoms with Gasteiger partial charge in [0.1, 0.15) is 5.60 Å². The van der Waals surface area contributed by atoms with Crippen molar-refractivity contribution in [3.8, 4) is 10.4 Å². The molecule has 2 N–H and O–H groups in total. The Hall–Kier alpha value is -1.92. The molecule has 6 heteroatoms. The number of ether oxygens (including phenoxy) is 1. The number of hydrogen-bond acceptors (Lipinski definition) is 5. The number of benzene rings is 1. The summed E-state index contributed by atoms with van der Waals surface area (Å²) in [5.74, 6) is 0. The molecule has 1 heterocycles. The SMILES string of the molecule is CC.CO.Cc1ncsc1-c1ccc(CNC(=O)OC(C)(C)C)cc1. The Kier molecular flexibility index (Phi) is 10.7. The average molecular weight is 367 g/mol. The summed E-state index contributed by atoms with van der Waals surface area (Å²) in [6.07, 6.45) is -0.398. The molecule has 0 atom stereocenters. The molecule has 5 nitrogen and oxygen atoms in total. The minimum atomic E-state index is -0.475. The molecule has 2 rings (SSSR count). The largest absolute Gasteiger partial charge is 0.444 e. The van der Waals surface area contributed by atoms with Gasteiger partial charge in [-0.3, -0.25) is 0 Å². The summed E-state index contributed by atoms with van der Waals surface area (Å²) in [6.45, 7) is 12.0. The molecule has 0 unspecified atom stereocenters. The molecule has 1 aromatic carbocycles. The van der Waals surface area contributed by atoms with E-state index >= 15 is 0 Å². The predicted octanol–water partition coefficient (Wildman–Crippen LogP) is 4.78. The van der Waals surface area contributed by atoms with Crippen LogP contribution in [-0.4, -0.2) is 28.9 Å². The van der Waals surface area contributed by atoms with Crippen LogP contribution in [0.1, 0.15) is 45.9 Å². The number of aryl methyl sites for hydroxylation is 1. The lowest BCUT2D eigenvalue weighted by Crippen LogP contribution is -2.32. The van der Waals surface area contributed by atoms with Gasteiger partial charge in [-0.05, 0) is 38.8 Å². The first-order valence-corrected chi connectivity index (χ1v) is 9.14. The molecule has 0 aliphatic rings. The van der Waals surface area contributed by atoms with Gasteiger partial charge in [0, 0.05) is 13.7 Å². The van der Waals surface area contributed by atoms with E-state index in [-0.39, 0.29) is 0 Å². The second-order valence-corrected chi connectivity index (χ2v) is 6.67. The van der Waals surface area contributed by atoms with Gasteiger partial charge in [0.2, 0.25) is 0 Å². The highest BCUT2D eigenvalue weighted by molar-refractivity contribution is 7.13. The molecule has 25 heavy (non-hydrogen) atoms. The van der Waals surface area contributed by atoms with Crippen LogP contribution in [0.4, 0.5) is 4.79 Å². The van der Waals surface area contributed by atoms with Crippen molar-refractivity contribution in [1.29, 1.82) is 0 Å². The third-order valence-electron chi connectivity index (χ3n) is 2.80. The molecular formula is C19H30N2O3S. The number of carbonyl (C=O) groups excluding carboxylic acids is 1. The Bertz CT molecular complexity index is 616. The molecule has 0 saturated heterocycles. The van der Waals surface area contributed by atoms with Crippen LogP contribution in [0.25, 0.3) is 10.4 Å². The second-order valence-electron chi connectivity index (χ2n) is 5.82. The fourth-order valence-electron chi connectivity index (χ4n) is 1.84. The highest BCUT2D eigenvalue weighted by Crippen LogP contribution is 2.27. The highest BCUT2D eigenvalue weighted by Gasteiger charge is 2.15. The number of aliphatic hydroxyl groups is 1. The molecule has 0 aliphatic heterocycles. The quantitative estimate of drug-likeness (QED) is 0.820. The Morgan fingerprint density at radius 2 is 1.76 bits per heavy atom. The molecule has 140 valence electrons. The number of nitrogens with one attached hydrogen (secondary N) is 1. The van der Waals surface area contributed by atoms with Gasteiger partial charge >= 0.3 is 6.09 Å². The van der Waals surface area contributed by atoms with Crippen molar-refractivity contribution in [1.82, 2.24) is 10.3 Å². The smallest absolute Gasteiger partial charge is 0.407 e. The number of aliphatic hydroxyl groups excluding tert-OH is 1. The Morgan fingerprint density at radius 1 is 1.20 bits per heavy atom. The van der Waals surface area contributed by atoms with Crippen LogP contribution in [0.5, 0.6) is 0 Å². The standard InChI is InChI=1S/C16H20N2O2S.C2H6.CH4O/c1-11-14(21-10-18-11)13-7-5-12(6-8-13)9-17-15(19)20-16(2,3)4;2*1-2/h5-8,10H,9H2,1-4H3,(H,17,19);1-2H3;2H,1H3. The minimum Gasteiger partial charge on any atom is -0.444 e. The maximum Gasteiger partial charge on any atom is 0.407 e. The summed E-state index contributed by atoms with van der Waals surface area (Å²) >= 11 is 1.63.